The van der Waals surface area contributed by atoms with Gasteiger partial charge >= 0.3 is 0 Å². The first kappa shape index (κ1) is 17.8. The maximum Gasteiger partial charge on any atom is 0.249 e. The van der Waals surface area contributed by atoms with Crippen LogP contribution in [0.3, 0.4) is 0 Å². The van der Waals surface area contributed by atoms with Crippen molar-refractivity contribution in [2.45, 2.75) is 70.8 Å². The first-order valence-electron chi connectivity index (χ1n) is 10.3. The van der Waals surface area contributed by atoms with Gasteiger partial charge in [0.2, 0.25) is 5.91 Å². The van der Waals surface area contributed by atoms with Crippen molar-refractivity contribution in [1.29, 1.82) is 0 Å². The first-order chi connectivity index (χ1) is 11.8. The highest BCUT2D eigenvalue weighted by atomic mass is 16.7. The van der Waals surface area contributed by atoms with Gasteiger partial charge in [0.05, 0.1) is 12.7 Å². The Labute approximate surface area is 152 Å². The smallest absolute Gasteiger partial charge is 0.249 e. The second kappa shape index (κ2) is 5.95. The van der Waals surface area contributed by atoms with Crippen LogP contribution in [0.4, 0.5) is 0 Å². The molecule has 0 bridgehead atoms. The van der Waals surface area contributed by atoms with Crippen LogP contribution in [0.15, 0.2) is 0 Å². The summed E-state index contributed by atoms with van der Waals surface area (Å²) in [7, 11) is 3.32. The summed E-state index contributed by atoms with van der Waals surface area (Å²) in [5, 5.41) is 11.9. The van der Waals surface area contributed by atoms with Crippen LogP contribution in [0.5, 0.6) is 0 Å². The second-order valence-corrected chi connectivity index (χ2v) is 10.0. The number of amides is 1. The maximum absolute atomic E-state index is 12.6. The fourth-order valence-corrected chi connectivity index (χ4v) is 7.36. The van der Waals surface area contributed by atoms with Crippen LogP contribution in [-0.2, 0) is 9.63 Å². The zero-order valence-electron chi connectivity index (χ0n) is 16.3. The van der Waals surface area contributed by atoms with Crippen LogP contribution < -0.4 is 0 Å². The Bertz CT molecular complexity index is 547. The van der Waals surface area contributed by atoms with E-state index in [0.29, 0.717) is 5.92 Å². The number of carbonyl (C=O) groups excluding carboxylic acids is 1. The summed E-state index contributed by atoms with van der Waals surface area (Å²) in [6, 6.07) is 0. The third-order valence-corrected chi connectivity index (χ3v) is 8.84. The summed E-state index contributed by atoms with van der Waals surface area (Å²) in [6.45, 7) is 4.39. The van der Waals surface area contributed by atoms with Crippen LogP contribution in [0.25, 0.3) is 0 Å². The van der Waals surface area contributed by atoms with Crippen LogP contribution in [0.1, 0.15) is 65.2 Å². The molecule has 0 aromatic heterocycles. The van der Waals surface area contributed by atoms with Crippen molar-refractivity contribution in [3.63, 3.8) is 0 Å². The van der Waals surface area contributed by atoms with E-state index in [1.807, 2.05) is 6.92 Å². The van der Waals surface area contributed by atoms with Gasteiger partial charge in [-0.2, -0.15) is 0 Å². The van der Waals surface area contributed by atoms with Crippen molar-refractivity contribution in [2.75, 3.05) is 14.2 Å². The highest BCUT2D eigenvalue weighted by Gasteiger charge is 2.62. The topological polar surface area (TPSA) is 49.8 Å². The number of hydrogen-bond acceptors (Lipinski definition) is 3. The number of nitrogens with zero attached hydrogens (tertiary/aromatic N) is 1. The summed E-state index contributed by atoms with van der Waals surface area (Å²) < 4.78 is 0. The van der Waals surface area contributed by atoms with E-state index in [2.05, 4.69) is 6.92 Å². The summed E-state index contributed by atoms with van der Waals surface area (Å²) >= 11 is 0. The van der Waals surface area contributed by atoms with Crippen LogP contribution in [0.2, 0.25) is 0 Å². The lowest BCUT2D eigenvalue weighted by Gasteiger charge is -2.65. The minimum atomic E-state index is -0.435. The highest BCUT2D eigenvalue weighted by Crippen LogP contribution is 2.67. The maximum atomic E-state index is 12.6. The fraction of sp³-hybridized carbons (Fsp3) is 0.952. The van der Waals surface area contributed by atoms with Crippen molar-refractivity contribution in [3.05, 3.63) is 0 Å². The lowest BCUT2D eigenvalue weighted by Crippen LogP contribution is -2.61. The van der Waals surface area contributed by atoms with E-state index in [-0.39, 0.29) is 17.2 Å². The molecule has 0 aromatic rings. The van der Waals surface area contributed by atoms with Gasteiger partial charge in [-0.15, -0.1) is 0 Å². The van der Waals surface area contributed by atoms with E-state index in [9.17, 15) is 9.90 Å². The fourth-order valence-electron chi connectivity index (χ4n) is 7.36. The van der Waals surface area contributed by atoms with Gasteiger partial charge in [0, 0.05) is 13.0 Å². The third-order valence-electron chi connectivity index (χ3n) is 8.84. The molecule has 4 rings (SSSR count). The van der Waals surface area contributed by atoms with E-state index in [4.69, 9.17) is 4.84 Å². The van der Waals surface area contributed by atoms with Gasteiger partial charge in [0.15, 0.2) is 0 Å². The molecule has 1 amide bonds. The Morgan fingerprint density at radius 2 is 1.80 bits per heavy atom. The summed E-state index contributed by atoms with van der Waals surface area (Å²) in [4.78, 5) is 17.8. The summed E-state index contributed by atoms with van der Waals surface area (Å²) in [5.41, 5.74) is -0.256. The van der Waals surface area contributed by atoms with Crippen LogP contribution in [-0.4, -0.2) is 35.8 Å². The number of hydrogen-bond donors (Lipinski definition) is 1. The molecule has 4 nitrogen and oxygen atoms in total. The number of hydroxylamine groups is 2. The molecule has 0 saturated heterocycles. The van der Waals surface area contributed by atoms with Crippen molar-refractivity contribution >= 4 is 5.91 Å². The molecule has 4 aliphatic rings. The average Bonchev–Trinajstić information content (AvgIpc) is 2.56. The van der Waals surface area contributed by atoms with E-state index >= 15 is 0 Å². The Morgan fingerprint density at radius 3 is 2.52 bits per heavy atom. The minimum Gasteiger partial charge on any atom is -0.390 e. The molecule has 4 saturated carbocycles. The lowest BCUT2D eigenvalue weighted by atomic mass is 9.40. The average molecular weight is 350 g/mol. The highest BCUT2D eigenvalue weighted by molar-refractivity contribution is 5.79. The largest absolute Gasteiger partial charge is 0.390 e. The van der Waals surface area contributed by atoms with E-state index in [1.165, 1.54) is 37.2 Å². The summed E-state index contributed by atoms with van der Waals surface area (Å²) in [5.74, 6) is 4.22. The third kappa shape index (κ3) is 2.66. The van der Waals surface area contributed by atoms with Gasteiger partial charge < -0.3 is 5.11 Å². The normalized spacial score (nSPS) is 51.6. The Balaban J connectivity index is 1.48. The molecule has 4 aliphatic carbocycles. The molecular formula is C21H35NO3. The number of aliphatic hydroxyl groups is 1. The Hall–Kier alpha value is -0.610. The van der Waals surface area contributed by atoms with Gasteiger partial charge in [0.25, 0.3) is 0 Å². The quantitative estimate of drug-likeness (QED) is 0.775. The molecule has 1 N–H and O–H groups in total. The number of carbonyl (C=O) groups is 1. The van der Waals surface area contributed by atoms with Gasteiger partial charge in [-0.05, 0) is 93.3 Å². The predicted molar refractivity (Wildman–Crippen MR) is 96.4 cm³/mol. The molecule has 0 spiro atoms. The SMILES string of the molecule is CON(C)C(=O)C1C[C@H]2[C@@H]3CC[C@@H]4C[C@](C)(O)CC[C@@H]4[C@H]3CC[C@]12C. The van der Waals surface area contributed by atoms with Gasteiger partial charge in [-0.1, -0.05) is 6.92 Å². The Morgan fingerprint density at radius 1 is 1.08 bits per heavy atom. The molecule has 8 atom stereocenters. The van der Waals surface area contributed by atoms with E-state index in [1.54, 1.807) is 14.2 Å². The van der Waals surface area contributed by atoms with E-state index in [0.717, 1.165) is 42.9 Å². The van der Waals surface area contributed by atoms with E-state index < -0.39 is 5.60 Å². The molecule has 0 aromatic carbocycles. The number of fused-ring (bicyclic) bond motifs is 5. The minimum absolute atomic E-state index is 0.146. The van der Waals surface area contributed by atoms with Crippen LogP contribution in [0, 0.1) is 40.9 Å². The molecular weight excluding hydrogens is 314 g/mol. The standard InChI is InChI=1S/C21H35NO3/c1-20(24)9-7-14-13(12-20)5-6-16-15(14)8-10-21(2)17(16)11-18(21)19(23)22(3)25-4/h13-18,24H,5-12H2,1-4H3/t13-,14+,15-,16-,17+,18?,20-,21+/m1/s1. The van der Waals surface area contributed by atoms with Crippen molar-refractivity contribution in [2.24, 2.45) is 40.9 Å². The Kier molecular flexibility index (Phi) is 4.23. The predicted octanol–water partition coefficient (Wildman–Crippen LogP) is 3.64. The molecule has 0 radical (unpaired) electrons. The molecule has 0 heterocycles. The molecule has 4 heteroatoms. The summed E-state index contributed by atoms with van der Waals surface area (Å²) in [6.07, 6.45) is 9.29. The zero-order valence-corrected chi connectivity index (χ0v) is 16.3. The van der Waals surface area contributed by atoms with Gasteiger partial charge in [0.1, 0.15) is 0 Å². The molecule has 25 heavy (non-hydrogen) atoms. The molecule has 142 valence electrons. The molecule has 0 aliphatic heterocycles. The number of rotatable bonds is 2. The van der Waals surface area contributed by atoms with Crippen LogP contribution >= 0.6 is 0 Å². The molecule has 4 fully saturated rings. The molecule has 1 unspecified atom stereocenters. The van der Waals surface area contributed by atoms with Gasteiger partial charge in [-0.25, -0.2) is 5.06 Å². The van der Waals surface area contributed by atoms with Crippen molar-refractivity contribution < 1.29 is 14.7 Å². The van der Waals surface area contributed by atoms with Gasteiger partial charge in [-0.3, -0.25) is 9.63 Å². The zero-order chi connectivity index (χ0) is 18.0. The first-order valence-corrected chi connectivity index (χ1v) is 10.3. The second-order valence-electron chi connectivity index (χ2n) is 10.0. The lowest BCUT2D eigenvalue weighted by molar-refractivity contribution is -0.208. The van der Waals surface area contributed by atoms with Crippen molar-refractivity contribution in [1.82, 2.24) is 5.06 Å². The monoisotopic (exact) mass is 349 g/mol. The van der Waals surface area contributed by atoms with Crippen molar-refractivity contribution in [3.8, 4) is 0 Å².